The van der Waals surface area contributed by atoms with Gasteiger partial charge >= 0.3 is 0 Å². The first-order chi connectivity index (χ1) is 14.4. The van der Waals surface area contributed by atoms with Gasteiger partial charge in [-0.1, -0.05) is 36.0 Å². The van der Waals surface area contributed by atoms with Gasteiger partial charge in [-0.15, -0.1) is 24.8 Å². The van der Waals surface area contributed by atoms with E-state index in [0.29, 0.717) is 4.90 Å². The predicted octanol–water partition coefficient (Wildman–Crippen LogP) is 2.66. The number of benzene rings is 2. The molecular weight excluding hydrogens is 517 g/mol. The lowest BCUT2D eigenvalue weighted by atomic mass is 9.96. The summed E-state index contributed by atoms with van der Waals surface area (Å²) in [5.74, 6) is 0. The second-order valence-corrected chi connectivity index (χ2v) is 11.3. The summed E-state index contributed by atoms with van der Waals surface area (Å²) in [7, 11) is 1.85. The van der Waals surface area contributed by atoms with E-state index in [1.165, 1.54) is 14.8 Å². The molecule has 0 spiro atoms. The molecule has 2 aromatic rings. The highest BCUT2D eigenvalue weighted by Gasteiger charge is 2.25. The Labute approximate surface area is 219 Å². The second kappa shape index (κ2) is 13.8. The van der Waals surface area contributed by atoms with Crippen molar-refractivity contribution in [2.24, 2.45) is 0 Å². The first kappa shape index (κ1) is 32.9. The number of fused-ring (bicyclic) bond motifs is 2. The van der Waals surface area contributed by atoms with Crippen LogP contribution in [0.15, 0.2) is 63.2 Å². The summed E-state index contributed by atoms with van der Waals surface area (Å²) in [5, 5.41) is 0. The Morgan fingerprint density at radius 1 is 0.941 bits per heavy atom. The van der Waals surface area contributed by atoms with E-state index in [1.54, 1.807) is 31.9 Å². The quantitative estimate of drug-likeness (QED) is 0.484. The van der Waals surface area contributed by atoms with Crippen LogP contribution in [0.5, 0.6) is 0 Å². The normalized spacial score (nSPS) is 16.9. The van der Waals surface area contributed by atoms with Gasteiger partial charge in [-0.2, -0.15) is 0 Å². The monoisotopic (exact) mass is 551 g/mol. The van der Waals surface area contributed by atoms with Crippen LogP contribution < -0.4 is 0 Å². The highest BCUT2D eigenvalue weighted by Crippen LogP contribution is 2.46. The summed E-state index contributed by atoms with van der Waals surface area (Å²) in [6, 6.07) is 13.9. The summed E-state index contributed by atoms with van der Waals surface area (Å²) >= 11 is 1.71. The highest BCUT2D eigenvalue weighted by molar-refractivity contribution is 7.99. The molecule has 0 unspecified atom stereocenters. The van der Waals surface area contributed by atoms with Gasteiger partial charge in [0.15, 0.2) is 0 Å². The minimum atomic E-state index is -3.47. The maximum Gasteiger partial charge on any atom is 0.242 e. The van der Waals surface area contributed by atoms with Gasteiger partial charge in [-0.05, 0) is 54.4 Å². The van der Waals surface area contributed by atoms with Gasteiger partial charge in [0.1, 0.15) is 0 Å². The van der Waals surface area contributed by atoms with Gasteiger partial charge in [-0.25, -0.2) is 12.7 Å². The molecule has 2 heterocycles. The molecule has 0 bridgehead atoms. The first-order valence-electron chi connectivity index (χ1n) is 10.3. The molecular formula is C23H35Cl2N3O4S2. The fourth-order valence-corrected chi connectivity index (χ4v) is 5.92. The third-order valence-electron chi connectivity index (χ3n) is 5.81. The fraction of sp³-hybridized carbons (Fsp3) is 0.391. The summed E-state index contributed by atoms with van der Waals surface area (Å²) in [6.45, 7) is 5.47. The zero-order valence-electron chi connectivity index (χ0n) is 19.7. The lowest BCUT2D eigenvalue weighted by molar-refractivity contribution is 0.156. The molecule has 0 amide bonds. The minimum absolute atomic E-state index is 0. The molecule has 0 saturated carbocycles. The molecule has 0 radical (unpaired) electrons. The Bertz CT molecular complexity index is 1070. The zero-order valence-corrected chi connectivity index (χ0v) is 22.9. The van der Waals surface area contributed by atoms with Crippen molar-refractivity contribution in [1.29, 1.82) is 0 Å². The van der Waals surface area contributed by atoms with E-state index in [9.17, 15) is 8.42 Å². The van der Waals surface area contributed by atoms with Crippen LogP contribution in [0.3, 0.4) is 0 Å². The van der Waals surface area contributed by atoms with Crippen LogP contribution in [-0.2, 0) is 10.0 Å². The largest absolute Gasteiger partial charge is 0.412 e. The summed E-state index contributed by atoms with van der Waals surface area (Å²) < 4.78 is 26.7. The number of piperazine rings is 1. The Kier molecular flexibility index (Phi) is 13.4. The van der Waals surface area contributed by atoms with Crippen LogP contribution in [0.2, 0.25) is 0 Å². The average molecular weight is 553 g/mol. The summed E-state index contributed by atoms with van der Waals surface area (Å²) in [5.41, 5.74) is 3.34. The van der Waals surface area contributed by atoms with E-state index in [2.05, 4.69) is 47.2 Å². The third-order valence-corrected chi connectivity index (χ3v) is 8.77. The van der Waals surface area contributed by atoms with E-state index in [0.717, 1.165) is 55.2 Å². The number of hydrogen-bond donors (Lipinski definition) is 0. The van der Waals surface area contributed by atoms with Crippen LogP contribution in [-0.4, -0.2) is 87.3 Å². The molecule has 2 aliphatic rings. The van der Waals surface area contributed by atoms with Crippen molar-refractivity contribution >= 4 is 52.2 Å². The van der Waals surface area contributed by atoms with Crippen molar-refractivity contribution in [3.05, 3.63) is 59.7 Å². The Morgan fingerprint density at radius 2 is 1.56 bits per heavy atom. The fourth-order valence-electron chi connectivity index (χ4n) is 3.90. The third kappa shape index (κ3) is 6.96. The maximum atomic E-state index is 12.7. The summed E-state index contributed by atoms with van der Waals surface area (Å²) in [6.07, 6.45) is 3.24. The van der Waals surface area contributed by atoms with Crippen LogP contribution >= 0.6 is 36.6 Å². The predicted molar refractivity (Wildman–Crippen MR) is 145 cm³/mol. The topological polar surface area (TPSA) is 107 Å². The Hall–Kier alpha value is -1.14. The zero-order chi connectivity index (χ0) is 21.3. The molecule has 0 aliphatic carbocycles. The maximum absolute atomic E-state index is 12.7. The van der Waals surface area contributed by atoms with E-state index in [1.807, 2.05) is 12.1 Å². The molecule has 0 atom stereocenters. The molecule has 7 nitrogen and oxygen atoms in total. The second-order valence-electron chi connectivity index (χ2n) is 8.10. The average Bonchev–Trinajstić information content (AvgIpc) is 2.74. The number of hydrogen-bond acceptors (Lipinski definition) is 5. The number of likely N-dealkylation sites (N-methyl/N-ethyl adjacent to an activating group) is 1. The molecule has 1 fully saturated rings. The number of halogens is 2. The van der Waals surface area contributed by atoms with E-state index in [4.69, 9.17) is 0 Å². The van der Waals surface area contributed by atoms with Crippen LogP contribution in [0.1, 0.15) is 17.5 Å². The van der Waals surface area contributed by atoms with Crippen molar-refractivity contribution in [2.75, 3.05) is 53.9 Å². The van der Waals surface area contributed by atoms with Gasteiger partial charge in [0.25, 0.3) is 0 Å². The van der Waals surface area contributed by atoms with E-state index < -0.39 is 10.0 Å². The first-order valence-corrected chi connectivity index (χ1v) is 12.6. The lowest BCUT2D eigenvalue weighted by Crippen LogP contribution is -2.44. The molecule has 11 heteroatoms. The van der Waals surface area contributed by atoms with Crippen LogP contribution in [0.4, 0.5) is 0 Å². The van der Waals surface area contributed by atoms with Crippen molar-refractivity contribution in [2.45, 2.75) is 21.1 Å². The molecule has 1 saturated heterocycles. The van der Waals surface area contributed by atoms with Gasteiger partial charge in [0.05, 0.1) is 4.90 Å². The smallest absolute Gasteiger partial charge is 0.242 e. The number of sulfonamides is 1. The van der Waals surface area contributed by atoms with Crippen LogP contribution in [0, 0.1) is 0 Å². The van der Waals surface area contributed by atoms with Crippen molar-refractivity contribution in [3.63, 3.8) is 0 Å². The molecule has 2 aromatic carbocycles. The van der Waals surface area contributed by atoms with Gasteiger partial charge in [-0.3, -0.25) is 0 Å². The lowest BCUT2D eigenvalue weighted by Gasteiger charge is -2.32. The number of nitrogens with zero attached hydrogens (tertiary/aromatic N) is 3. The van der Waals surface area contributed by atoms with E-state index in [-0.39, 0.29) is 35.8 Å². The summed E-state index contributed by atoms with van der Waals surface area (Å²) in [4.78, 5) is 7.55. The molecule has 4 N–H and O–H groups in total. The molecule has 0 aromatic heterocycles. The standard InChI is InChI=1S/C23H29N3O2S2.2ClH.2H2O/c1-24(2)30(27,28)18-10-11-23-21(17-18)19(20-7-4-5-9-22(20)29-23)8-6-12-26-15-13-25(3)14-16-26;;;;/h4-5,7-11,17H,6,12-16H2,1-3H3;2*1H;2*1H2/b19-8-;;;;. The Balaban J connectivity index is 0.00000272. The van der Waals surface area contributed by atoms with Crippen LogP contribution in [0.25, 0.3) is 5.57 Å². The van der Waals surface area contributed by atoms with Crippen molar-refractivity contribution in [1.82, 2.24) is 14.1 Å². The molecule has 4 rings (SSSR count). The Morgan fingerprint density at radius 3 is 2.21 bits per heavy atom. The van der Waals surface area contributed by atoms with Crippen molar-refractivity contribution in [3.8, 4) is 0 Å². The highest BCUT2D eigenvalue weighted by atomic mass is 35.5. The van der Waals surface area contributed by atoms with Crippen molar-refractivity contribution < 1.29 is 19.4 Å². The van der Waals surface area contributed by atoms with Gasteiger partial charge in [0, 0.05) is 56.6 Å². The number of rotatable bonds is 5. The minimum Gasteiger partial charge on any atom is -0.412 e. The SMILES string of the molecule is CN1CCN(CC/C=C2/c3ccccc3Sc3ccc(S(=O)(=O)N(C)C)cc32)CC1.Cl.Cl.O.O. The molecule has 2 aliphatic heterocycles. The van der Waals surface area contributed by atoms with Gasteiger partial charge in [0.2, 0.25) is 10.0 Å². The van der Waals surface area contributed by atoms with E-state index >= 15 is 0 Å². The molecule has 192 valence electrons. The van der Waals surface area contributed by atoms with Gasteiger partial charge < -0.3 is 20.8 Å². The molecule has 34 heavy (non-hydrogen) atoms.